The molecule has 0 unspecified atom stereocenters. The summed E-state index contributed by atoms with van der Waals surface area (Å²) in [6.07, 6.45) is 3.87. The number of aryl methyl sites for hydroxylation is 1. The van der Waals surface area contributed by atoms with E-state index in [2.05, 4.69) is 10.3 Å². The van der Waals surface area contributed by atoms with E-state index in [0.29, 0.717) is 23.7 Å². The Morgan fingerprint density at radius 1 is 1.24 bits per heavy atom. The van der Waals surface area contributed by atoms with Crippen LogP contribution in [0.2, 0.25) is 0 Å². The van der Waals surface area contributed by atoms with Crippen molar-refractivity contribution in [1.82, 2.24) is 9.88 Å². The van der Waals surface area contributed by atoms with Gasteiger partial charge in [0.05, 0.1) is 14.2 Å². The molecule has 0 spiro atoms. The SMILES string of the molecule is COc1ccc(N[C@H]2CCCN(C(=O)c3cc(C)c[nH]3)C2)cc1OC. The number of ether oxygens (including phenoxy) is 2. The average molecular weight is 343 g/mol. The fourth-order valence-electron chi connectivity index (χ4n) is 3.24. The highest BCUT2D eigenvalue weighted by Crippen LogP contribution is 2.30. The predicted molar refractivity (Wildman–Crippen MR) is 97.6 cm³/mol. The predicted octanol–water partition coefficient (Wildman–Crippen LogP) is 3.06. The van der Waals surface area contributed by atoms with Gasteiger partial charge in [-0.1, -0.05) is 0 Å². The number of rotatable bonds is 5. The smallest absolute Gasteiger partial charge is 0.270 e. The summed E-state index contributed by atoms with van der Waals surface area (Å²) in [4.78, 5) is 17.6. The molecule has 0 radical (unpaired) electrons. The minimum atomic E-state index is 0.0620. The van der Waals surface area contributed by atoms with E-state index in [1.807, 2.05) is 42.3 Å². The van der Waals surface area contributed by atoms with Gasteiger partial charge in [-0.15, -0.1) is 0 Å². The Labute approximate surface area is 148 Å². The third-order valence-corrected chi connectivity index (χ3v) is 4.52. The number of aromatic nitrogens is 1. The first-order valence-electron chi connectivity index (χ1n) is 8.53. The maximum atomic E-state index is 12.6. The van der Waals surface area contributed by atoms with Crippen molar-refractivity contribution < 1.29 is 14.3 Å². The standard InChI is InChI=1S/C19H25N3O3/c1-13-9-16(20-11-13)19(23)22-8-4-5-15(12-22)21-14-6-7-17(24-2)18(10-14)25-3/h6-7,9-11,15,20-21H,4-5,8,12H2,1-3H3/t15-/m0/s1. The highest BCUT2D eigenvalue weighted by Gasteiger charge is 2.25. The number of hydrogen-bond acceptors (Lipinski definition) is 4. The van der Waals surface area contributed by atoms with Gasteiger partial charge in [-0.3, -0.25) is 4.79 Å². The third-order valence-electron chi connectivity index (χ3n) is 4.52. The lowest BCUT2D eigenvalue weighted by Crippen LogP contribution is -2.45. The topological polar surface area (TPSA) is 66.6 Å². The van der Waals surface area contributed by atoms with Crippen molar-refractivity contribution >= 4 is 11.6 Å². The molecule has 6 heteroatoms. The molecule has 1 saturated heterocycles. The normalized spacial score (nSPS) is 17.2. The fraction of sp³-hybridized carbons (Fsp3) is 0.421. The molecule has 1 amide bonds. The Morgan fingerprint density at radius 2 is 2.04 bits per heavy atom. The van der Waals surface area contributed by atoms with Gasteiger partial charge < -0.3 is 24.7 Å². The monoisotopic (exact) mass is 343 g/mol. The molecular weight excluding hydrogens is 318 g/mol. The van der Waals surface area contributed by atoms with Crippen LogP contribution in [0.3, 0.4) is 0 Å². The number of carbonyl (C=O) groups is 1. The maximum absolute atomic E-state index is 12.6. The first-order valence-corrected chi connectivity index (χ1v) is 8.53. The van der Waals surface area contributed by atoms with Crippen molar-refractivity contribution in [2.24, 2.45) is 0 Å². The number of methoxy groups -OCH3 is 2. The number of anilines is 1. The number of benzene rings is 1. The van der Waals surface area contributed by atoms with E-state index in [1.54, 1.807) is 14.2 Å². The highest BCUT2D eigenvalue weighted by atomic mass is 16.5. The van der Waals surface area contributed by atoms with Crippen molar-refractivity contribution in [3.05, 3.63) is 41.7 Å². The molecule has 1 atom stereocenters. The van der Waals surface area contributed by atoms with Gasteiger partial charge in [-0.25, -0.2) is 0 Å². The summed E-state index contributed by atoms with van der Waals surface area (Å²) in [7, 11) is 3.25. The number of amides is 1. The molecule has 2 aromatic rings. The van der Waals surface area contributed by atoms with E-state index >= 15 is 0 Å². The largest absolute Gasteiger partial charge is 0.493 e. The second kappa shape index (κ2) is 7.51. The van der Waals surface area contributed by atoms with E-state index in [4.69, 9.17) is 9.47 Å². The van der Waals surface area contributed by atoms with Gasteiger partial charge in [0.1, 0.15) is 5.69 Å². The Morgan fingerprint density at radius 3 is 2.72 bits per heavy atom. The van der Waals surface area contributed by atoms with E-state index in [0.717, 1.165) is 30.6 Å². The Balaban J connectivity index is 1.66. The summed E-state index contributed by atoms with van der Waals surface area (Å²) in [6.45, 7) is 3.46. The van der Waals surface area contributed by atoms with E-state index < -0.39 is 0 Å². The summed E-state index contributed by atoms with van der Waals surface area (Å²) >= 11 is 0. The summed E-state index contributed by atoms with van der Waals surface area (Å²) < 4.78 is 10.6. The number of H-pyrrole nitrogens is 1. The van der Waals surface area contributed by atoms with Crippen LogP contribution in [0.1, 0.15) is 28.9 Å². The Kier molecular flexibility index (Phi) is 5.16. The van der Waals surface area contributed by atoms with Gasteiger partial charge in [0.15, 0.2) is 11.5 Å². The van der Waals surface area contributed by atoms with Crippen LogP contribution in [0.4, 0.5) is 5.69 Å². The summed E-state index contributed by atoms with van der Waals surface area (Å²) in [5, 5.41) is 3.51. The zero-order valence-corrected chi connectivity index (χ0v) is 15.0. The van der Waals surface area contributed by atoms with Crippen LogP contribution in [0, 0.1) is 6.92 Å². The van der Waals surface area contributed by atoms with Gasteiger partial charge in [-0.2, -0.15) is 0 Å². The quantitative estimate of drug-likeness (QED) is 0.876. The van der Waals surface area contributed by atoms with Crippen molar-refractivity contribution in [2.45, 2.75) is 25.8 Å². The zero-order chi connectivity index (χ0) is 17.8. The number of piperidine rings is 1. The van der Waals surface area contributed by atoms with Crippen LogP contribution in [-0.4, -0.2) is 49.1 Å². The fourth-order valence-corrected chi connectivity index (χ4v) is 3.24. The van der Waals surface area contributed by atoms with Crippen molar-refractivity contribution in [1.29, 1.82) is 0 Å². The maximum Gasteiger partial charge on any atom is 0.270 e. The van der Waals surface area contributed by atoms with Gasteiger partial charge in [0, 0.05) is 37.1 Å². The molecule has 3 rings (SSSR count). The molecule has 1 fully saturated rings. The van der Waals surface area contributed by atoms with E-state index in [9.17, 15) is 4.79 Å². The van der Waals surface area contributed by atoms with Gasteiger partial charge in [0.25, 0.3) is 5.91 Å². The lowest BCUT2D eigenvalue weighted by molar-refractivity contribution is 0.0709. The van der Waals surface area contributed by atoms with Gasteiger partial charge in [0.2, 0.25) is 0 Å². The number of nitrogens with zero attached hydrogens (tertiary/aromatic N) is 1. The molecular formula is C19H25N3O3. The van der Waals surface area contributed by atoms with Crippen LogP contribution in [0.25, 0.3) is 0 Å². The molecule has 2 heterocycles. The lowest BCUT2D eigenvalue weighted by Gasteiger charge is -2.33. The molecule has 0 aliphatic carbocycles. The molecule has 1 aliphatic rings. The molecule has 2 N–H and O–H groups in total. The molecule has 1 aromatic carbocycles. The second-order valence-corrected chi connectivity index (χ2v) is 6.40. The molecule has 6 nitrogen and oxygen atoms in total. The van der Waals surface area contributed by atoms with E-state index in [-0.39, 0.29) is 11.9 Å². The number of aromatic amines is 1. The first-order chi connectivity index (χ1) is 12.1. The van der Waals surface area contributed by atoms with Crippen molar-refractivity contribution in [3.8, 4) is 11.5 Å². The minimum Gasteiger partial charge on any atom is -0.493 e. The molecule has 134 valence electrons. The molecule has 1 aromatic heterocycles. The second-order valence-electron chi connectivity index (χ2n) is 6.40. The first kappa shape index (κ1) is 17.2. The number of hydrogen-bond donors (Lipinski definition) is 2. The van der Waals surface area contributed by atoms with Crippen LogP contribution < -0.4 is 14.8 Å². The average Bonchev–Trinajstić information content (AvgIpc) is 3.07. The Bertz CT molecular complexity index is 741. The number of likely N-dealkylation sites (tertiary alicyclic amines) is 1. The Hall–Kier alpha value is -2.63. The highest BCUT2D eigenvalue weighted by molar-refractivity contribution is 5.92. The lowest BCUT2D eigenvalue weighted by atomic mass is 10.0. The van der Waals surface area contributed by atoms with Crippen molar-refractivity contribution in [3.63, 3.8) is 0 Å². The van der Waals surface area contributed by atoms with Crippen LogP contribution in [-0.2, 0) is 0 Å². The van der Waals surface area contributed by atoms with Gasteiger partial charge >= 0.3 is 0 Å². The van der Waals surface area contributed by atoms with Crippen LogP contribution in [0.5, 0.6) is 11.5 Å². The minimum absolute atomic E-state index is 0.0620. The molecule has 25 heavy (non-hydrogen) atoms. The summed E-state index contributed by atoms with van der Waals surface area (Å²) in [5.74, 6) is 1.46. The van der Waals surface area contributed by atoms with E-state index in [1.165, 1.54) is 0 Å². The number of carbonyl (C=O) groups excluding carboxylic acids is 1. The van der Waals surface area contributed by atoms with Crippen LogP contribution >= 0.6 is 0 Å². The zero-order valence-electron chi connectivity index (χ0n) is 15.0. The molecule has 0 saturated carbocycles. The summed E-state index contributed by atoms with van der Waals surface area (Å²) in [5.41, 5.74) is 2.69. The van der Waals surface area contributed by atoms with Gasteiger partial charge in [-0.05, 0) is 43.5 Å². The van der Waals surface area contributed by atoms with Crippen LogP contribution in [0.15, 0.2) is 30.5 Å². The number of nitrogens with one attached hydrogen (secondary N) is 2. The van der Waals surface area contributed by atoms with Crippen molar-refractivity contribution in [2.75, 3.05) is 32.6 Å². The molecule has 0 bridgehead atoms. The molecule has 1 aliphatic heterocycles. The summed E-state index contributed by atoms with van der Waals surface area (Å²) in [6, 6.07) is 7.89. The third kappa shape index (κ3) is 3.90.